The topological polar surface area (TPSA) is 35.8 Å². The van der Waals surface area contributed by atoms with Gasteiger partial charge in [-0.05, 0) is 26.4 Å². The minimum absolute atomic E-state index is 0.248. The van der Waals surface area contributed by atoms with Crippen LogP contribution in [0.1, 0.15) is 19.8 Å². The molecule has 2 heteroatoms. The Labute approximate surface area is 56.9 Å². The molecule has 0 heterocycles. The molecule has 0 spiro atoms. The third kappa shape index (κ3) is 3.99. The molecule has 1 unspecified atom stereocenters. The summed E-state index contributed by atoms with van der Waals surface area (Å²) in [5.74, 6) is 0.248. The van der Waals surface area contributed by atoms with Crippen LogP contribution in [-0.4, -0.2) is 13.6 Å². The smallest absolute Gasteiger partial charge is 0.0656 e. The molecule has 0 fully saturated rings. The lowest BCUT2D eigenvalue weighted by molar-refractivity contribution is 0.562. The molecule has 0 radical (unpaired) electrons. The van der Waals surface area contributed by atoms with Crippen LogP contribution in [0.15, 0.2) is 0 Å². The fraction of sp³-hybridized carbons (Fsp3) is 0.857. The van der Waals surface area contributed by atoms with Gasteiger partial charge in [-0.1, -0.05) is 6.92 Å². The van der Waals surface area contributed by atoms with Crippen LogP contribution in [0, 0.1) is 17.2 Å². The van der Waals surface area contributed by atoms with Crippen molar-refractivity contribution in [3.63, 3.8) is 0 Å². The summed E-state index contributed by atoms with van der Waals surface area (Å²) in [6.45, 7) is 3.00. The van der Waals surface area contributed by atoms with Crippen molar-refractivity contribution in [2.24, 2.45) is 5.92 Å². The van der Waals surface area contributed by atoms with Crippen molar-refractivity contribution in [3.05, 3.63) is 0 Å². The van der Waals surface area contributed by atoms with Gasteiger partial charge >= 0.3 is 0 Å². The maximum Gasteiger partial charge on any atom is 0.0656 e. The Morgan fingerprint density at radius 3 is 2.67 bits per heavy atom. The Morgan fingerprint density at radius 1 is 1.67 bits per heavy atom. The summed E-state index contributed by atoms with van der Waals surface area (Å²) >= 11 is 0. The molecule has 1 atom stereocenters. The van der Waals surface area contributed by atoms with Crippen LogP contribution >= 0.6 is 0 Å². The van der Waals surface area contributed by atoms with E-state index in [4.69, 9.17) is 5.26 Å². The lowest BCUT2D eigenvalue weighted by Gasteiger charge is -2.02. The minimum atomic E-state index is 0.248. The number of nitrogens with one attached hydrogen (secondary N) is 1. The average molecular weight is 126 g/mol. The molecular weight excluding hydrogens is 112 g/mol. The lowest BCUT2D eigenvalue weighted by Crippen LogP contribution is -2.11. The summed E-state index contributed by atoms with van der Waals surface area (Å²) in [4.78, 5) is 0. The average Bonchev–Trinajstić information content (AvgIpc) is 1.91. The highest BCUT2D eigenvalue weighted by Crippen LogP contribution is 2.03. The van der Waals surface area contributed by atoms with E-state index in [1.54, 1.807) is 0 Å². The van der Waals surface area contributed by atoms with E-state index in [2.05, 4.69) is 11.4 Å². The van der Waals surface area contributed by atoms with E-state index in [1.807, 2.05) is 14.0 Å². The second kappa shape index (κ2) is 5.58. The van der Waals surface area contributed by atoms with Crippen LogP contribution in [0.5, 0.6) is 0 Å². The molecule has 0 aromatic heterocycles. The Hall–Kier alpha value is -0.550. The quantitative estimate of drug-likeness (QED) is 0.613. The summed E-state index contributed by atoms with van der Waals surface area (Å²) < 4.78 is 0. The first-order valence-electron chi connectivity index (χ1n) is 3.39. The van der Waals surface area contributed by atoms with E-state index in [9.17, 15) is 0 Å². The standard InChI is InChI=1S/C7H14N2/c1-3-7(6-8)4-5-9-2/h7,9H,3-5H2,1-2H3. The van der Waals surface area contributed by atoms with Crippen molar-refractivity contribution in [2.75, 3.05) is 13.6 Å². The molecule has 0 amide bonds. The largest absolute Gasteiger partial charge is 0.320 e. The molecule has 9 heavy (non-hydrogen) atoms. The molecule has 0 bridgehead atoms. The lowest BCUT2D eigenvalue weighted by atomic mass is 10.1. The van der Waals surface area contributed by atoms with Crippen LogP contribution in [0.25, 0.3) is 0 Å². The summed E-state index contributed by atoms with van der Waals surface area (Å²) in [7, 11) is 1.91. The third-order valence-electron chi connectivity index (χ3n) is 1.42. The Bertz CT molecular complexity index is 93.6. The summed E-state index contributed by atoms with van der Waals surface area (Å²) in [6, 6.07) is 2.25. The minimum Gasteiger partial charge on any atom is -0.320 e. The van der Waals surface area contributed by atoms with E-state index < -0.39 is 0 Å². The normalized spacial score (nSPS) is 12.6. The molecule has 0 aliphatic carbocycles. The van der Waals surface area contributed by atoms with E-state index in [1.165, 1.54) is 0 Å². The second-order valence-electron chi connectivity index (χ2n) is 2.13. The van der Waals surface area contributed by atoms with Crippen molar-refractivity contribution in [1.82, 2.24) is 5.32 Å². The van der Waals surface area contributed by atoms with Crippen molar-refractivity contribution >= 4 is 0 Å². The number of hydrogen-bond acceptors (Lipinski definition) is 2. The van der Waals surface area contributed by atoms with E-state index in [0.29, 0.717) is 0 Å². The van der Waals surface area contributed by atoms with Crippen molar-refractivity contribution in [1.29, 1.82) is 5.26 Å². The van der Waals surface area contributed by atoms with E-state index in [-0.39, 0.29) is 5.92 Å². The predicted molar refractivity (Wildman–Crippen MR) is 37.9 cm³/mol. The number of hydrogen-bond donors (Lipinski definition) is 1. The molecule has 2 nitrogen and oxygen atoms in total. The molecule has 0 aromatic rings. The Morgan fingerprint density at radius 2 is 2.33 bits per heavy atom. The van der Waals surface area contributed by atoms with Gasteiger partial charge in [-0.15, -0.1) is 0 Å². The number of rotatable bonds is 4. The predicted octanol–water partition coefficient (Wildman–Crippen LogP) is 1.15. The molecule has 0 saturated carbocycles. The number of nitrogens with zero attached hydrogens (tertiary/aromatic N) is 1. The van der Waals surface area contributed by atoms with Gasteiger partial charge in [0.15, 0.2) is 0 Å². The van der Waals surface area contributed by atoms with Crippen molar-refractivity contribution < 1.29 is 0 Å². The van der Waals surface area contributed by atoms with Crippen LogP contribution in [0.2, 0.25) is 0 Å². The third-order valence-corrected chi connectivity index (χ3v) is 1.42. The zero-order chi connectivity index (χ0) is 7.11. The van der Waals surface area contributed by atoms with Gasteiger partial charge < -0.3 is 5.32 Å². The molecule has 0 aromatic carbocycles. The summed E-state index contributed by atoms with van der Waals surface area (Å²) in [5.41, 5.74) is 0. The van der Waals surface area contributed by atoms with Crippen LogP contribution in [0.3, 0.4) is 0 Å². The number of nitriles is 1. The van der Waals surface area contributed by atoms with Gasteiger partial charge in [0.1, 0.15) is 0 Å². The second-order valence-corrected chi connectivity index (χ2v) is 2.13. The molecule has 1 N–H and O–H groups in total. The van der Waals surface area contributed by atoms with Gasteiger partial charge in [0.25, 0.3) is 0 Å². The van der Waals surface area contributed by atoms with Crippen LogP contribution < -0.4 is 5.32 Å². The van der Waals surface area contributed by atoms with Gasteiger partial charge in [-0.25, -0.2) is 0 Å². The van der Waals surface area contributed by atoms with E-state index in [0.717, 1.165) is 19.4 Å². The fourth-order valence-corrected chi connectivity index (χ4v) is 0.679. The summed E-state index contributed by atoms with van der Waals surface area (Å²) in [6.07, 6.45) is 1.95. The first kappa shape index (κ1) is 8.45. The molecular formula is C7H14N2. The maximum absolute atomic E-state index is 8.47. The van der Waals surface area contributed by atoms with Crippen LogP contribution in [-0.2, 0) is 0 Å². The highest BCUT2D eigenvalue weighted by molar-refractivity contribution is 4.81. The molecule has 0 saturated heterocycles. The van der Waals surface area contributed by atoms with Gasteiger partial charge in [0.05, 0.1) is 6.07 Å². The van der Waals surface area contributed by atoms with Crippen molar-refractivity contribution in [2.45, 2.75) is 19.8 Å². The summed E-state index contributed by atoms with van der Waals surface area (Å²) in [5, 5.41) is 11.5. The SMILES string of the molecule is CCC(C#N)CCNC. The molecule has 0 aliphatic rings. The fourth-order valence-electron chi connectivity index (χ4n) is 0.679. The molecule has 0 rings (SSSR count). The Kier molecular flexibility index (Phi) is 5.24. The van der Waals surface area contributed by atoms with E-state index >= 15 is 0 Å². The zero-order valence-electron chi connectivity index (χ0n) is 6.15. The molecule has 52 valence electrons. The monoisotopic (exact) mass is 126 g/mol. The van der Waals surface area contributed by atoms with Gasteiger partial charge in [0.2, 0.25) is 0 Å². The van der Waals surface area contributed by atoms with Gasteiger partial charge in [0, 0.05) is 5.92 Å². The highest BCUT2D eigenvalue weighted by atomic mass is 14.8. The molecule has 0 aliphatic heterocycles. The zero-order valence-corrected chi connectivity index (χ0v) is 6.15. The van der Waals surface area contributed by atoms with Crippen molar-refractivity contribution in [3.8, 4) is 6.07 Å². The van der Waals surface area contributed by atoms with Gasteiger partial charge in [-0.2, -0.15) is 5.26 Å². The first-order chi connectivity index (χ1) is 4.35. The highest BCUT2D eigenvalue weighted by Gasteiger charge is 2.00. The van der Waals surface area contributed by atoms with Gasteiger partial charge in [-0.3, -0.25) is 0 Å². The van der Waals surface area contributed by atoms with Crippen LogP contribution in [0.4, 0.5) is 0 Å². The Balaban J connectivity index is 3.23. The maximum atomic E-state index is 8.47. The first-order valence-corrected chi connectivity index (χ1v) is 3.39.